The van der Waals surface area contributed by atoms with Gasteiger partial charge in [0.05, 0.1) is 0 Å². The molecule has 1 amide bonds. The van der Waals surface area contributed by atoms with Crippen LogP contribution in [0.25, 0.3) is 0 Å². The monoisotopic (exact) mass is 238 g/mol. The summed E-state index contributed by atoms with van der Waals surface area (Å²) in [5.74, 6) is 0.234. The maximum atomic E-state index is 12.2. The predicted octanol–water partition coefficient (Wildman–Crippen LogP) is 2.66. The van der Waals surface area contributed by atoms with Crippen molar-refractivity contribution in [2.75, 3.05) is 4.90 Å². The molecule has 0 aliphatic carbocycles. The van der Waals surface area contributed by atoms with E-state index in [0.717, 1.165) is 5.69 Å². The predicted molar refractivity (Wildman–Crippen MR) is 72.9 cm³/mol. The van der Waals surface area contributed by atoms with E-state index in [2.05, 4.69) is 23.7 Å². The molecular formula is C15H14N2O. The van der Waals surface area contributed by atoms with Gasteiger partial charge in [-0.15, -0.1) is 6.58 Å². The molecule has 1 aromatic rings. The topological polar surface area (TPSA) is 32.7 Å². The van der Waals surface area contributed by atoms with Crippen LogP contribution in [-0.4, -0.2) is 18.3 Å². The van der Waals surface area contributed by atoms with E-state index in [9.17, 15) is 4.79 Å². The number of amides is 1. The summed E-state index contributed by atoms with van der Waals surface area (Å²) in [5, 5.41) is 0. The number of carbonyl (C=O) groups is 1. The summed E-state index contributed by atoms with van der Waals surface area (Å²) >= 11 is 0. The lowest BCUT2D eigenvalue weighted by Gasteiger charge is -2.25. The molecule has 18 heavy (non-hydrogen) atoms. The average molecular weight is 238 g/mol. The molecule has 0 fully saturated rings. The molecule has 3 rings (SSSR count). The van der Waals surface area contributed by atoms with Crippen LogP contribution in [0.4, 0.5) is 5.69 Å². The van der Waals surface area contributed by atoms with Crippen LogP contribution in [0.5, 0.6) is 0 Å². The molecule has 0 radical (unpaired) electrons. The second-order valence-electron chi connectivity index (χ2n) is 4.44. The van der Waals surface area contributed by atoms with E-state index in [-0.39, 0.29) is 18.0 Å². The fourth-order valence-corrected chi connectivity index (χ4v) is 2.63. The van der Waals surface area contributed by atoms with Gasteiger partial charge in [0.1, 0.15) is 6.17 Å². The molecule has 90 valence electrons. The van der Waals surface area contributed by atoms with Crippen molar-refractivity contribution in [3.05, 3.63) is 54.6 Å². The minimum atomic E-state index is -0.125. The lowest BCUT2D eigenvalue weighted by Crippen LogP contribution is -2.38. The highest BCUT2D eigenvalue weighted by molar-refractivity contribution is 5.98. The van der Waals surface area contributed by atoms with E-state index in [4.69, 9.17) is 0 Å². The maximum Gasteiger partial charge on any atom is 0.232 e. The molecule has 1 aromatic carbocycles. The van der Waals surface area contributed by atoms with Crippen molar-refractivity contribution in [2.45, 2.75) is 18.5 Å². The van der Waals surface area contributed by atoms with Crippen molar-refractivity contribution in [3.63, 3.8) is 0 Å². The van der Waals surface area contributed by atoms with Gasteiger partial charge in [0.15, 0.2) is 0 Å². The van der Waals surface area contributed by atoms with Crippen LogP contribution in [0.1, 0.15) is 17.9 Å². The molecule has 2 aliphatic rings. The summed E-state index contributed by atoms with van der Waals surface area (Å²) < 4.78 is 0. The van der Waals surface area contributed by atoms with Crippen LogP contribution in [0, 0.1) is 0 Å². The van der Waals surface area contributed by atoms with Gasteiger partial charge in [-0.2, -0.15) is 0 Å². The third kappa shape index (κ3) is 1.51. The van der Waals surface area contributed by atoms with Crippen LogP contribution in [-0.2, 0) is 4.79 Å². The van der Waals surface area contributed by atoms with Crippen LogP contribution in [0.3, 0.4) is 0 Å². The Morgan fingerprint density at radius 2 is 2.28 bits per heavy atom. The van der Waals surface area contributed by atoms with Crippen LogP contribution < -0.4 is 4.90 Å². The van der Waals surface area contributed by atoms with E-state index in [1.807, 2.05) is 24.3 Å². The average Bonchev–Trinajstić information content (AvgIpc) is 2.73. The lowest BCUT2D eigenvalue weighted by molar-refractivity contribution is -0.118. The zero-order chi connectivity index (χ0) is 12.5. The first-order valence-electron chi connectivity index (χ1n) is 6.05. The SMILES string of the molecule is C=CCC(=O)N1c2ccccc2C2C=CC=NC21. The van der Waals surface area contributed by atoms with Crippen LogP contribution in [0.2, 0.25) is 0 Å². The number of dihydropyridines is 1. The second-order valence-corrected chi connectivity index (χ2v) is 4.44. The van der Waals surface area contributed by atoms with Crippen molar-refractivity contribution in [2.24, 2.45) is 4.99 Å². The van der Waals surface area contributed by atoms with Gasteiger partial charge in [-0.3, -0.25) is 14.7 Å². The molecule has 0 N–H and O–H groups in total. The van der Waals surface area contributed by atoms with Crippen molar-refractivity contribution in [3.8, 4) is 0 Å². The number of allylic oxidation sites excluding steroid dienone is 1. The molecule has 2 aliphatic heterocycles. The third-order valence-electron chi connectivity index (χ3n) is 3.37. The van der Waals surface area contributed by atoms with Gasteiger partial charge in [0, 0.05) is 24.2 Å². The largest absolute Gasteiger partial charge is 0.288 e. The highest BCUT2D eigenvalue weighted by Gasteiger charge is 2.40. The second kappa shape index (κ2) is 4.26. The minimum Gasteiger partial charge on any atom is -0.288 e. The van der Waals surface area contributed by atoms with Crippen molar-refractivity contribution in [1.29, 1.82) is 0 Å². The van der Waals surface area contributed by atoms with E-state index in [1.54, 1.807) is 17.2 Å². The Morgan fingerprint density at radius 3 is 3.11 bits per heavy atom. The Hall–Kier alpha value is -2.16. The summed E-state index contributed by atoms with van der Waals surface area (Å²) in [5.41, 5.74) is 2.15. The molecule has 0 saturated heterocycles. The Morgan fingerprint density at radius 1 is 1.44 bits per heavy atom. The number of nitrogens with zero attached hydrogens (tertiary/aromatic N) is 2. The number of carbonyl (C=O) groups excluding carboxylic acids is 1. The number of benzene rings is 1. The summed E-state index contributed by atoms with van der Waals surface area (Å²) in [6.45, 7) is 3.63. The van der Waals surface area contributed by atoms with E-state index in [1.165, 1.54) is 5.56 Å². The molecule has 2 atom stereocenters. The summed E-state index contributed by atoms with van der Waals surface area (Å²) in [4.78, 5) is 18.5. The first-order valence-corrected chi connectivity index (χ1v) is 6.05. The Balaban J connectivity index is 2.08. The molecule has 0 bridgehead atoms. The number of fused-ring (bicyclic) bond motifs is 3. The lowest BCUT2D eigenvalue weighted by atomic mass is 9.97. The third-order valence-corrected chi connectivity index (χ3v) is 3.37. The molecule has 2 heterocycles. The van der Waals surface area contributed by atoms with Gasteiger partial charge < -0.3 is 0 Å². The van der Waals surface area contributed by atoms with Gasteiger partial charge in [-0.25, -0.2) is 0 Å². The van der Waals surface area contributed by atoms with E-state index < -0.39 is 0 Å². The highest BCUT2D eigenvalue weighted by atomic mass is 16.2. The number of rotatable bonds is 2. The first kappa shape index (κ1) is 11.0. The van der Waals surface area contributed by atoms with Gasteiger partial charge in [-0.05, 0) is 17.7 Å². The zero-order valence-corrected chi connectivity index (χ0v) is 9.99. The summed E-state index contributed by atoms with van der Waals surface area (Å²) in [6, 6.07) is 8.01. The molecule has 3 heteroatoms. The highest BCUT2D eigenvalue weighted by Crippen LogP contribution is 2.43. The molecule has 0 saturated carbocycles. The molecule has 0 spiro atoms. The zero-order valence-electron chi connectivity index (χ0n) is 9.99. The smallest absolute Gasteiger partial charge is 0.232 e. The normalized spacial score (nSPS) is 23.7. The van der Waals surface area contributed by atoms with E-state index in [0.29, 0.717) is 6.42 Å². The number of aliphatic imine (C=N–C) groups is 1. The molecule has 3 nitrogen and oxygen atoms in total. The number of hydrogen-bond acceptors (Lipinski definition) is 2. The molecule has 2 unspecified atom stereocenters. The maximum absolute atomic E-state index is 12.2. The van der Waals surface area contributed by atoms with Gasteiger partial charge in [0.2, 0.25) is 5.91 Å². The molecular weight excluding hydrogens is 224 g/mol. The standard InChI is InChI=1S/C15H14N2O/c1-2-6-14(18)17-13-9-4-3-7-11(13)12-8-5-10-16-15(12)17/h2-5,7-10,12,15H,1,6H2. The number of anilines is 1. The van der Waals surface area contributed by atoms with E-state index >= 15 is 0 Å². The Labute approximate surface area is 106 Å². The fourth-order valence-electron chi connectivity index (χ4n) is 2.63. The quantitative estimate of drug-likeness (QED) is 0.729. The molecule has 0 aromatic heterocycles. The van der Waals surface area contributed by atoms with Gasteiger partial charge >= 0.3 is 0 Å². The summed E-state index contributed by atoms with van der Waals surface area (Å²) in [7, 11) is 0. The fraction of sp³-hybridized carbons (Fsp3) is 0.200. The number of hydrogen-bond donors (Lipinski definition) is 0. The van der Waals surface area contributed by atoms with Crippen molar-refractivity contribution >= 4 is 17.8 Å². The van der Waals surface area contributed by atoms with Gasteiger partial charge in [0.25, 0.3) is 0 Å². The van der Waals surface area contributed by atoms with Crippen LogP contribution >= 0.6 is 0 Å². The van der Waals surface area contributed by atoms with Crippen molar-refractivity contribution < 1.29 is 4.79 Å². The Kier molecular flexibility index (Phi) is 2.59. The summed E-state index contributed by atoms with van der Waals surface area (Å²) in [6.07, 6.45) is 7.68. The van der Waals surface area contributed by atoms with Gasteiger partial charge in [-0.1, -0.05) is 30.4 Å². The first-order chi connectivity index (χ1) is 8.83. The number of para-hydroxylation sites is 1. The van der Waals surface area contributed by atoms with Crippen molar-refractivity contribution in [1.82, 2.24) is 0 Å². The Bertz CT molecular complexity index is 559. The minimum absolute atomic E-state index is 0.0531. The van der Waals surface area contributed by atoms with Crippen LogP contribution in [0.15, 0.2) is 54.1 Å².